The Kier molecular flexibility index (Phi) is 3.85. The second kappa shape index (κ2) is 5.64. The van der Waals surface area contributed by atoms with Gasteiger partial charge in [-0.1, -0.05) is 37.3 Å². The molecule has 0 radical (unpaired) electrons. The quantitative estimate of drug-likeness (QED) is 0.864. The molecule has 3 heteroatoms. The topological polar surface area (TPSA) is 40.5 Å². The Morgan fingerprint density at radius 2 is 2.14 bits per heavy atom. The summed E-state index contributed by atoms with van der Waals surface area (Å²) < 4.78 is 0. The van der Waals surface area contributed by atoms with Gasteiger partial charge in [0, 0.05) is 23.6 Å². The Bertz CT molecular complexity index is 533. The van der Waals surface area contributed by atoms with E-state index in [4.69, 9.17) is 0 Å². The Hall–Kier alpha value is -1.61. The van der Waals surface area contributed by atoms with E-state index in [1.807, 2.05) is 41.3 Å². The summed E-state index contributed by atoms with van der Waals surface area (Å²) in [5.41, 5.74) is 0.973. The normalized spacial score (nSPS) is 31.2. The molecule has 112 valence electrons. The summed E-state index contributed by atoms with van der Waals surface area (Å²) in [6.07, 6.45) is 7.57. The van der Waals surface area contributed by atoms with E-state index in [-0.39, 0.29) is 24.0 Å². The van der Waals surface area contributed by atoms with Crippen LogP contribution in [0.25, 0.3) is 6.08 Å². The van der Waals surface area contributed by atoms with Crippen LogP contribution in [0.2, 0.25) is 0 Å². The number of hydrogen-bond acceptors (Lipinski definition) is 2. The average Bonchev–Trinajstić information content (AvgIpc) is 3.09. The van der Waals surface area contributed by atoms with E-state index in [1.165, 1.54) is 0 Å². The number of amides is 1. The van der Waals surface area contributed by atoms with Crippen molar-refractivity contribution in [3.63, 3.8) is 0 Å². The third-order valence-corrected chi connectivity index (χ3v) is 5.34. The first-order chi connectivity index (χ1) is 10.2. The molecule has 21 heavy (non-hydrogen) atoms. The fourth-order valence-electron chi connectivity index (χ4n) is 4.10. The van der Waals surface area contributed by atoms with Gasteiger partial charge in [-0.05, 0) is 37.3 Å². The van der Waals surface area contributed by atoms with Crippen LogP contribution < -0.4 is 0 Å². The van der Waals surface area contributed by atoms with E-state index in [9.17, 15) is 9.90 Å². The Labute approximate surface area is 126 Å². The van der Waals surface area contributed by atoms with Crippen LogP contribution in [0.1, 0.15) is 38.2 Å². The van der Waals surface area contributed by atoms with Crippen molar-refractivity contribution in [2.75, 3.05) is 6.61 Å². The Morgan fingerprint density at radius 3 is 2.76 bits per heavy atom. The van der Waals surface area contributed by atoms with Crippen molar-refractivity contribution in [2.24, 2.45) is 5.41 Å². The maximum atomic E-state index is 12.6. The molecule has 2 heterocycles. The monoisotopic (exact) mass is 285 g/mol. The molecule has 3 atom stereocenters. The lowest BCUT2D eigenvalue weighted by molar-refractivity contribution is -0.128. The van der Waals surface area contributed by atoms with Gasteiger partial charge in [0.1, 0.15) is 0 Å². The fourth-order valence-corrected chi connectivity index (χ4v) is 4.10. The number of fused-ring (bicyclic) bond motifs is 2. The van der Waals surface area contributed by atoms with Crippen LogP contribution in [0, 0.1) is 5.41 Å². The predicted octanol–water partition coefficient (Wildman–Crippen LogP) is 2.85. The number of carbonyl (C=O) groups is 1. The van der Waals surface area contributed by atoms with Crippen molar-refractivity contribution in [3.05, 3.63) is 42.0 Å². The molecule has 1 aromatic carbocycles. The van der Waals surface area contributed by atoms with Crippen LogP contribution >= 0.6 is 0 Å². The van der Waals surface area contributed by atoms with E-state index in [1.54, 1.807) is 6.08 Å². The second-order valence-corrected chi connectivity index (χ2v) is 6.31. The van der Waals surface area contributed by atoms with Crippen LogP contribution in [0.4, 0.5) is 0 Å². The molecule has 2 bridgehead atoms. The number of hydrogen-bond donors (Lipinski definition) is 1. The van der Waals surface area contributed by atoms with Gasteiger partial charge in [0.05, 0.1) is 6.61 Å². The lowest BCUT2D eigenvalue weighted by atomic mass is 9.72. The van der Waals surface area contributed by atoms with Crippen LogP contribution in [0.5, 0.6) is 0 Å². The van der Waals surface area contributed by atoms with Gasteiger partial charge in [0.2, 0.25) is 5.91 Å². The van der Waals surface area contributed by atoms with Crippen molar-refractivity contribution in [3.8, 4) is 0 Å². The molecule has 0 aliphatic carbocycles. The predicted molar refractivity (Wildman–Crippen MR) is 83.6 cm³/mol. The van der Waals surface area contributed by atoms with Crippen LogP contribution in [0.3, 0.4) is 0 Å². The van der Waals surface area contributed by atoms with E-state index in [0.29, 0.717) is 6.04 Å². The molecular weight excluding hydrogens is 262 g/mol. The van der Waals surface area contributed by atoms with Gasteiger partial charge in [-0.25, -0.2) is 0 Å². The van der Waals surface area contributed by atoms with Gasteiger partial charge < -0.3 is 10.0 Å². The largest absolute Gasteiger partial charge is 0.396 e. The highest BCUT2D eigenvalue weighted by Gasteiger charge is 2.55. The van der Waals surface area contributed by atoms with E-state index >= 15 is 0 Å². The standard InChI is InChI=1S/C18H23NO2/c1-2-18(13-20)12-15-9-10-16(18)19(15)17(21)11-8-14-6-4-3-5-7-14/h3-8,11,15-16,20H,2,9-10,12-13H2,1H3/b11-8+/t15-,16+,18-/m1/s1. The van der Waals surface area contributed by atoms with Gasteiger partial charge in [-0.15, -0.1) is 0 Å². The molecule has 2 aliphatic rings. The highest BCUT2D eigenvalue weighted by Crippen LogP contribution is 2.51. The van der Waals surface area contributed by atoms with Crippen molar-refractivity contribution in [2.45, 2.75) is 44.7 Å². The number of carbonyl (C=O) groups excluding carboxylic acids is 1. The summed E-state index contributed by atoms with van der Waals surface area (Å²) in [4.78, 5) is 14.6. The summed E-state index contributed by atoms with van der Waals surface area (Å²) in [5.74, 6) is 0.0927. The maximum Gasteiger partial charge on any atom is 0.247 e. The maximum absolute atomic E-state index is 12.6. The summed E-state index contributed by atoms with van der Waals surface area (Å²) in [5, 5.41) is 9.79. The zero-order valence-corrected chi connectivity index (χ0v) is 12.5. The first-order valence-corrected chi connectivity index (χ1v) is 7.86. The summed E-state index contributed by atoms with van der Waals surface area (Å²) in [7, 11) is 0. The fraction of sp³-hybridized carbons (Fsp3) is 0.500. The molecule has 1 aromatic rings. The smallest absolute Gasteiger partial charge is 0.247 e. The summed E-state index contributed by atoms with van der Waals surface area (Å²) in [6.45, 7) is 2.32. The molecule has 3 rings (SSSR count). The minimum absolute atomic E-state index is 0.0703. The molecule has 2 saturated heterocycles. The molecule has 3 nitrogen and oxygen atoms in total. The molecule has 2 aliphatic heterocycles. The SMILES string of the molecule is CC[C@]1(CO)C[C@H]2CC[C@@H]1N2C(=O)/C=C/c1ccccc1. The zero-order chi connectivity index (χ0) is 14.9. The molecule has 2 fully saturated rings. The van der Waals surface area contributed by atoms with Gasteiger partial charge in [0.15, 0.2) is 0 Å². The molecule has 0 aromatic heterocycles. The Balaban J connectivity index is 1.76. The highest BCUT2D eigenvalue weighted by atomic mass is 16.3. The second-order valence-electron chi connectivity index (χ2n) is 6.31. The molecular formula is C18H23NO2. The van der Waals surface area contributed by atoms with Gasteiger partial charge in [-0.3, -0.25) is 4.79 Å². The van der Waals surface area contributed by atoms with Crippen molar-refractivity contribution >= 4 is 12.0 Å². The zero-order valence-electron chi connectivity index (χ0n) is 12.5. The third kappa shape index (κ3) is 2.40. The lowest BCUT2D eigenvalue weighted by Crippen LogP contribution is -2.41. The van der Waals surface area contributed by atoms with Gasteiger partial charge in [-0.2, -0.15) is 0 Å². The van der Waals surface area contributed by atoms with E-state index < -0.39 is 0 Å². The van der Waals surface area contributed by atoms with Crippen molar-refractivity contribution < 1.29 is 9.90 Å². The van der Waals surface area contributed by atoms with Crippen LogP contribution in [-0.4, -0.2) is 34.6 Å². The minimum Gasteiger partial charge on any atom is -0.396 e. The Morgan fingerprint density at radius 1 is 1.38 bits per heavy atom. The summed E-state index contributed by atoms with van der Waals surface area (Å²) >= 11 is 0. The van der Waals surface area contributed by atoms with E-state index in [0.717, 1.165) is 31.2 Å². The minimum atomic E-state index is -0.0703. The molecule has 0 unspecified atom stereocenters. The average molecular weight is 285 g/mol. The first kappa shape index (κ1) is 14.3. The molecule has 0 saturated carbocycles. The molecule has 1 amide bonds. The van der Waals surface area contributed by atoms with Crippen molar-refractivity contribution in [1.29, 1.82) is 0 Å². The van der Waals surface area contributed by atoms with E-state index in [2.05, 4.69) is 6.92 Å². The van der Waals surface area contributed by atoms with Gasteiger partial charge in [0.25, 0.3) is 0 Å². The lowest BCUT2D eigenvalue weighted by Gasteiger charge is -2.34. The summed E-state index contributed by atoms with van der Waals surface area (Å²) in [6, 6.07) is 10.4. The highest BCUT2D eigenvalue weighted by molar-refractivity contribution is 5.92. The number of aliphatic hydroxyl groups is 1. The van der Waals surface area contributed by atoms with Crippen LogP contribution in [0.15, 0.2) is 36.4 Å². The third-order valence-electron chi connectivity index (χ3n) is 5.34. The number of rotatable bonds is 4. The van der Waals surface area contributed by atoms with Crippen molar-refractivity contribution in [1.82, 2.24) is 4.90 Å². The number of benzene rings is 1. The molecule has 0 spiro atoms. The van der Waals surface area contributed by atoms with Crippen LogP contribution in [-0.2, 0) is 4.79 Å². The molecule has 1 N–H and O–H groups in total. The first-order valence-electron chi connectivity index (χ1n) is 7.86. The number of aliphatic hydroxyl groups excluding tert-OH is 1. The van der Waals surface area contributed by atoms with Gasteiger partial charge >= 0.3 is 0 Å². The number of nitrogens with zero attached hydrogens (tertiary/aromatic N) is 1.